The van der Waals surface area contributed by atoms with Gasteiger partial charge in [0.15, 0.2) is 11.5 Å². The van der Waals surface area contributed by atoms with E-state index in [1.54, 1.807) is 19.1 Å². The molecule has 2 aromatic rings. The number of alkyl halides is 3. The number of fused-ring (bicyclic) bond motifs is 1. The van der Waals surface area contributed by atoms with Gasteiger partial charge in [-0.15, -0.1) is 0 Å². The van der Waals surface area contributed by atoms with E-state index in [9.17, 15) is 27.9 Å². The average Bonchev–Trinajstić information content (AvgIpc) is 2.74. The van der Waals surface area contributed by atoms with Crippen LogP contribution in [0.2, 0.25) is 0 Å². The number of carbonyl (C=O) groups excluding carboxylic acids is 2. The number of benzene rings is 2. The highest BCUT2D eigenvalue weighted by Crippen LogP contribution is 2.40. The Morgan fingerprint density at radius 2 is 1.76 bits per heavy atom. The summed E-state index contributed by atoms with van der Waals surface area (Å²) in [6, 6.07) is 6.19. The maximum Gasteiger partial charge on any atom is 0.418 e. The fourth-order valence-electron chi connectivity index (χ4n) is 3.89. The van der Waals surface area contributed by atoms with E-state index in [2.05, 4.69) is 5.32 Å². The molecular weight excluding hydrogens is 441 g/mol. The fourth-order valence-corrected chi connectivity index (χ4v) is 3.89. The zero-order valence-corrected chi connectivity index (χ0v) is 18.2. The SMILES string of the molecule is CCOc1cc2c(cc1OCC)C(CC(=O)[O-])N(C(=O)Nc1ccccc1C(F)(F)F)CC2. The van der Waals surface area contributed by atoms with E-state index in [-0.39, 0.29) is 6.54 Å². The third-order valence-corrected chi connectivity index (χ3v) is 5.26. The van der Waals surface area contributed by atoms with Gasteiger partial charge in [-0.25, -0.2) is 4.79 Å². The second-order valence-corrected chi connectivity index (χ2v) is 7.37. The van der Waals surface area contributed by atoms with Gasteiger partial charge in [-0.2, -0.15) is 13.2 Å². The molecule has 2 amide bonds. The largest absolute Gasteiger partial charge is 0.550 e. The van der Waals surface area contributed by atoms with Gasteiger partial charge in [0.2, 0.25) is 0 Å². The lowest BCUT2D eigenvalue weighted by Gasteiger charge is -2.38. The molecule has 0 bridgehead atoms. The van der Waals surface area contributed by atoms with Crippen LogP contribution in [0.5, 0.6) is 11.5 Å². The molecular formula is C23H24F3N2O5-. The van der Waals surface area contributed by atoms with Crippen molar-refractivity contribution in [3.8, 4) is 11.5 Å². The van der Waals surface area contributed by atoms with Crippen molar-refractivity contribution in [2.45, 2.75) is 38.9 Å². The number of nitrogens with zero attached hydrogens (tertiary/aromatic N) is 1. The van der Waals surface area contributed by atoms with E-state index in [1.165, 1.54) is 17.0 Å². The summed E-state index contributed by atoms with van der Waals surface area (Å²) in [6.07, 6.45) is -4.83. The van der Waals surface area contributed by atoms with Gasteiger partial charge < -0.3 is 29.6 Å². The molecule has 0 aliphatic carbocycles. The number of aliphatic carboxylic acids is 1. The van der Waals surface area contributed by atoms with Crippen LogP contribution in [0.4, 0.5) is 23.7 Å². The predicted octanol–water partition coefficient (Wildman–Crippen LogP) is 3.77. The van der Waals surface area contributed by atoms with Crippen LogP contribution in [0.15, 0.2) is 36.4 Å². The zero-order valence-electron chi connectivity index (χ0n) is 18.2. The van der Waals surface area contributed by atoms with Crippen molar-refractivity contribution in [2.75, 3.05) is 25.1 Å². The molecule has 33 heavy (non-hydrogen) atoms. The van der Waals surface area contributed by atoms with E-state index >= 15 is 0 Å². The van der Waals surface area contributed by atoms with E-state index < -0.39 is 41.9 Å². The molecule has 0 spiro atoms. The van der Waals surface area contributed by atoms with Crippen molar-refractivity contribution in [1.29, 1.82) is 0 Å². The van der Waals surface area contributed by atoms with Gasteiger partial charge >= 0.3 is 12.2 Å². The highest BCUT2D eigenvalue weighted by molar-refractivity contribution is 5.91. The van der Waals surface area contributed by atoms with Gasteiger partial charge in [0.05, 0.1) is 30.5 Å². The van der Waals surface area contributed by atoms with Crippen LogP contribution in [0.3, 0.4) is 0 Å². The molecule has 0 aromatic heterocycles. The maximum atomic E-state index is 13.3. The molecule has 1 aliphatic rings. The second-order valence-electron chi connectivity index (χ2n) is 7.37. The van der Waals surface area contributed by atoms with Crippen LogP contribution in [-0.2, 0) is 17.4 Å². The molecule has 178 valence electrons. The van der Waals surface area contributed by atoms with Gasteiger partial charge in [-0.3, -0.25) is 0 Å². The van der Waals surface area contributed by atoms with E-state index in [0.29, 0.717) is 36.7 Å². The van der Waals surface area contributed by atoms with Gasteiger partial charge in [0.1, 0.15) is 0 Å². The summed E-state index contributed by atoms with van der Waals surface area (Å²) in [5.74, 6) is -0.499. The Balaban J connectivity index is 1.97. The lowest BCUT2D eigenvalue weighted by atomic mass is 9.90. The molecule has 0 fully saturated rings. The lowest BCUT2D eigenvalue weighted by Crippen LogP contribution is -2.44. The molecule has 0 saturated carbocycles. The van der Waals surface area contributed by atoms with Crippen LogP contribution in [-0.4, -0.2) is 36.7 Å². The number of carboxylic acid groups (broad SMARTS) is 1. The Hall–Kier alpha value is -3.43. The number of urea groups is 1. The first-order valence-corrected chi connectivity index (χ1v) is 10.5. The fraction of sp³-hybridized carbons (Fsp3) is 0.391. The summed E-state index contributed by atoms with van der Waals surface area (Å²) in [7, 11) is 0. The standard InChI is InChI=1S/C23H25F3N2O5/c1-3-32-19-11-14-9-10-28(18(13-21(29)30)15(14)12-20(19)33-4-2)22(31)27-17-8-6-5-7-16(17)23(24,25)26/h5-8,11-12,18H,3-4,9-10,13H2,1-2H3,(H,27,31)(H,29,30)/p-1. The van der Waals surface area contributed by atoms with Crippen molar-refractivity contribution < 1.29 is 37.3 Å². The smallest absolute Gasteiger partial charge is 0.418 e. The van der Waals surface area contributed by atoms with Gasteiger partial charge in [-0.05, 0) is 55.7 Å². The van der Waals surface area contributed by atoms with E-state index in [4.69, 9.17) is 9.47 Å². The summed E-state index contributed by atoms with van der Waals surface area (Å²) >= 11 is 0. The molecule has 3 rings (SSSR count). The predicted molar refractivity (Wildman–Crippen MR) is 112 cm³/mol. The second kappa shape index (κ2) is 10.0. The quantitative estimate of drug-likeness (QED) is 0.672. The zero-order chi connectivity index (χ0) is 24.2. The summed E-state index contributed by atoms with van der Waals surface area (Å²) in [5.41, 5.74) is -0.105. The summed E-state index contributed by atoms with van der Waals surface area (Å²) in [5, 5.41) is 13.8. The Labute approximate surface area is 189 Å². The highest BCUT2D eigenvalue weighted by Gasteiger charge is 2.36. The number of nitrogens with one attached hydrogen (secondary N) is 1. The average molecular weight is 465 g/mol. The Kier molecular flexibility index (Phi) is 7.35. The third-order valence-electron chi connectivity index (χ3n) is 5.26. The van der Waals surface area contributed by atoms with E-state index in [1.807, 2.05) is 6.92 Å². The number of hydrogen-bond acceptors (Lipinski definition) is 5. The van der Waals surface area contributed by atoms with Gasteiger partial charge in [0, 0.05) is 18.9 Å². The monoisotopic (exact) mass is 465 g/mol. The topological polar surface area (TPSA) is 90.9 Å². The van der Waals surface area contributed by atoms with Crippen LogP contribution in [0, 0.1) is 0 Å². The number of para-hydroxylation sites is 1. The molecule has 1 N–H and O–H groups in total. The van der Waals surface area contributed by atoms with Crippen LogP contribution in [0.1, 0.15) is 43.0 Å². The minimum atomic E-state index is -4.66. The Bertz CT molecular complexity index is 1030. The number of rotatable bonds is 7. The number of ether oxygens (including phenoxy) is 2. The molecule has 0 saturated heterocycles. The van der Waals surface area contributed by atoms with Crippen molar-refractivity contribution in [3.63, 3.8) is 0 Å². The highest BCUT2D eigenvalue weighted by atomic mass is 19.4. The van der Waals surface area contributed by atoms with Crippen molar-refractivity contribution in [1.82, 2.24) is 4.90 Å². The minimum Gasteiger partial charge on any atom is -0.550 e. The number of hydrogen-bond donors (Lipinski definition) is 1. The molecule has 0 radical (unpaired) electrons. The first kappa shape index (κ1) is 24.2. The Morgan fingerprint density at radius 3 is 2.36 bits per heavy atom. The molecule has 1 unspecified atom stereocenters. The normalized spacial score (nSPS) is 15.5. The van der Waals surface area contributed by atoms with Crippen molar-refractivity contribution >= 4 is 17.7 Å². The summed E-state index contributed by atoms with van der Waals surface area (Å²) in [6.45, 7) is 4.44. The first-order valence-electron chi connectivity index (χ1n) is 10.5. The number of anilines is 1. The molecule has 7 nitrogen and oxygen atoms in total. The number of amides is 2. The minimum absolute atomic E-state index is 0.102. The van der Waals surface area contributed by atoms with Crippen LogP contribution >= 0.6 is 0 Å². The molecule has 1 atom stereocenters. The van der Waals surface area contributed by atoms with Crippen molar-refractivity contribution in [2.24, 2.45) is 0 Å². The van der Waals surface area contributed by atoms with Crippen LogP contribution in [0.25, 0.3) is 0 Å². The first-order chi connectivity index (χ1) is 15.7. The molecule has 10 heteroatoms. The molecule has 1 heterocycles. The maximum absolute atomic E-state index is 13.3. The van der Waals surface area contributed by atoms with E-state index in [0.717, 1.165) is 17.7 Å². The Morgan fingerprint density at radius 1 is 1.12 bits per heavy atom. The van der Waals surface area contributed by atoms with Gasteiger partial charge in [0.25, 0.3) is 0 Å². The molecule has 1 aliphatic heterocycles. The third kappa shape index (κ3) is 5.50. The van der Waals surface area contributed by atoms with Gasteiger partial charge in [-0.1, -0.05) is 12.1 Å². The van der Waals surface area contributed by atoms with Crippen LogP contribution < -0.4 is 19.9 Å². The molecule has 2 aromatic carbocycles. The number of carboxylic acids is 1. The summed E-state index contributed by atoms with van der Waals surface area (Å²) < 4.78 is 51.2. The lowest BCUT2D eigenvalue weighted by molar-refractivity contribution is -0.306. The summed E-state index contributed by atoms with van der Waals surface area (Å²) in [4.78, 5) is 25.7. The number of carbonyl (C=O) groups is 2. The number of halogens is 3. The van der Waals surface area contributed by atoms with Crippen molar-refractivity contribution in [3.05, 3.63) is 53.1 Å².